The topological polar surface area (TPSA) is 88.2 Å². The highest BCUT2D eigenvalue weighted by atomic mass is 16.1. The number of nitrogens with two attached hydrogens (primary N) is 1. The van der Waals surface area contributed by atoms with Crippen molar-refractivity contribution in [1.82, 2.24) is 20.0 Å². The normalized spacial score (nSPS) is 12.1. The average molecular weight is 364 g/mol. The van der Waals surface area contributed by atoms with Gasteiger partial charge in [0.1, 0.15) is 5.69 Å². The molecule has 2 aromatic carbocycles. The molecule has 4 rings (SSSR count). The standard InChI is InChI=1S/C20H24N6O/c1-25(2)11-12-26-16-8-7-14(20(27)22-10-9-21)18-17(16)19(24-26)13-5-3-4-6-15(13)23-18/h3-8,23H,9-12,21H2,1-2H3,(H,22,27). The Balaban J connectivity index is 1.89. The van der Waals surface area contributed by atoms with Gasteiger partial charge in [-0.3, -0.25) is 9.48 Å². The minimum atomic E-state index is -0.128. The molecule has 0 aliphatic carbocycles. The maximum absolute atomic E-state index is 12.7. The van der Waals surface area contributed by atoms with Crippen molar-refractivity contribution in [2.45, 2.75) is 6.54 Å². The van der Waals surface area contributed by atoms with Gasteiger partial charge in [0, 0.05) is 30.9 Å². The van der Waals surface area contributed by atoms with Gasteiger partial charge >= 0.3 is 0 Å². The summed E-state index contributed by atoms with van der Waals surface area (Å²) in [5, 5.41) is 12.2. The van der Waals surface area contributed by atoms with Crippen LogP contribution >= 0.6 is 0 Å². The minimum absolute atomic E-state index is 0.128. The molecule has 3 aromatic rings. The molecule has 0 spiro atoms. The minimum Gasteiger partial charge on any atom is -0.354 e. The van der Waals surface area contributed by atoms with E-state index in [2.05, 4.69) is 21.6 Å². The molecule has 0 bridgehead atoms. The highest BCUT2D eigenvalue weighted by molar-refractivity contribution is 6.16. The van der Waals surface area contributed by atoms with E-state index >= 15 is 0 Å². The molecule has 2 heterocycles. The zero-order valence-corrected chi connectivity index (χ0v) is 15.6. The van der Waals surface area contributed by atoms with Crippen LogP contribution in [0.15, 0.2) is 36.4 Å². The van der Waals surface area contributed by atoms with Crippen LogP contribution in [-0.2, 0) is 6.54 Å². The lowest BCUT2D eigenvalue weighted by Crippen LogP contribution is -2.29. The van der Waals surface area contributed by atoms with Gasteiger partial charge < -0.3 is 21.3 Å². The van der Waals surface area contributed by atoms with E-state index in [1.807, 2.05) is 49.1 Å². The van der Waals surface area contributed by atoms with Crippen molar-refractivity contribution >= 4 is 28.2 Å². The van der Waals surface area contributed by atoms with Gasteiger partial charge in [0.05, 0.1) is 28.7 Å². The Morgan fingerprint density at radius 3 is 2.85 bits per heavy atom. The third kappa shape index (κ3) is 3.05. The first-order valence-corrected chi connectivity index (χ1v) is 9.13. The molecule has 1 aliphatic rings. The van der Waals surface area contributed by atoms with E-state index in [0.717, 1.165) is 46.6 Å². The number of carbonyl (C=O) groups is 1. The lowest BCUT2D eigenvalue weighted by atomic mass is 9.97. The SMILES string of the molecule is CN(C)CCn1nc2c3c(c(C(=O)NCCN)ccc31)Nc1ccccc1-2. The molecule has 0 saturated heterocycles. The van der Waals surface area contributed by atoms with Crippen LogP contribution in [0.25, 0.3) is 22.2 Å². The Morgan fingerprint density at radius 2 is 2.07 bits per heavy atom. The fourth-order valence-electron chi connectivity index (χ4n) is 3.46. The van der Waals surface area contributed by atoms with E-state index in [1.165, 1.54) is 0 Å². The van der Waals surface area contributed by atoms with Crippen molar-refractivity contribution in [1.29, 1.82) is 0 Å². The number of aromatic nitrogens is 2. The van der Waals surface area contributed by atoms with Gasteiger partial charge in [0.15, 0.2) is 0 Å². The molecule has 0 unspecified atom stereocenters. The number of hydrogen-bond acceptors (Lipinski definition) is 5. The van der Waals surface area contributed by atoms with Crippen molar-refractivity contribution in [3.63, 3.8) is 0 Å². The Bertz CT molecular complexity index is 1010. The van der Waals surface area contributed by atoms with Crippen molar-refractivity contribution in [3.05, 3.63) is 42.0 Å². The predicted octanol–water partition coefficient (Wildman–Crippen LogP) is 2.01. The number of likely N-dealkylation sites (N-methyl/N-ethyl adjacent to an activating group) is 1. The largest absolute Gasteiger partial charge is 0.354 e. The van der Waals surface area contributed by atoms with Crippen LogP contribution in [0.5, 0.6) is 0 Å². The number of benzene rings is 2. The number of hydrogen-bond donors (Lipinski definition) is 3. The Kier molecular flexibility index (Phi) is 4.55. The summed E-state index contributed by atoms with van der Waals surface area (Å²) in [6.45, 7) is 2.53. The first-order valence-electron chi connectivity index (χ1n) is 9.13. The highest BCUT2D eigenvalue weighted by Gasteiger charge is 2.26. The molecule has 1 aromatic heterocycles. The second kappa shape index (κ2) is 7.02. The zero-order chi connectivity index (χ0) is 19.0. The summed E-state index contributed by atoms with van der Waals surface area (Å²) in [6.07, 6.45) is 0. The van der Waals surface area contributed by atoms with Crippen molar-refractivity contribution in [2.24, 2.45) is 5.73 Å². The second-order valence-electron chi connectivity index (χ2n) is 6.97. The molecular weight excluding hydrogens is 340 g/mol. The Hall–Kier alpha value is -2.90. The summed E-state index contributed by atoms with van der Waals surface area (Å²) in [4.78, 5) is 14.8. The van der Waals surface area contributed by atoms with Gasteiger partial charge in [0.25, 0.3) is 5.91 Å². The third-order valence-electron chi connectivity index (χ3n) is 4.79. The summed E-state index contributed by atoms with van der Waals surface area (Å²) >= 11 is 0. The van der Waals surface area contributed by atoms with Gasteiger partial charge in [-0.1, -0.05) is 18.2 Å². The number of nitrogens with zero attached hydrogens (tertiary/aromatic N) is 3. The highest BCUT2D eigenvalue weighted by Crippen LogP contribution is 2.44. The van der Waals surface area contributed by atoms with Crippen molar-refractivity contribution in [3.8, 4) is 11.3 Å². The molecule has 140 valence electrons. The predicted molar refractivity (Wildman–Crippen MR) is 108 cm³/mol. The molecule has 0 radical (unpaired) electrons. The number of anilines is 2. The van der Waals surface area contributed by atoms with Gasteiger partial charge in [-0.05, 0) is 32.3 Å². The summed E-state index contributed by atoms with van der Waals surface area (Å²) < 4.78 is 2.03. The molecule has 0 saturated carbocycles. The van der Waals surface area contributed by atoms with Crippen molar-refractivity contribution < 1.29 is 4.79 Å². The molecular formula is C20H24N6O. The number of para-hydroxylation sites is 1. The molecule has 1 aliphatic heterocycles. The smallest absolute Gasteiger partial charge is 0.253 e. The van der Waals surface area contributed by atoms with E-state index < -0.39 is 0 Å². The second-order valence-corrected chi connectivity index (χ2v) is 6.97. The Labute approximate surface area is 158 Å². The first kappa shape index (κ1) is 17.5. The maximum atomic E-state index is 12.7. The number of carbonyl (C=O) groups excluding carboxylic acids is 1. The number of fused-ring (bicyclic) bond motifs is 2. The lowest BCUT2D eigenvalue weighted by molar-refractivity contribution is 0.0955. The van der Waals surface area contributed by atoms with Gasteiger partial charge in [0.2, 0.25) is 0 Å². The molecule has 7 nitrogen and oxygen atoms in total. The van der Waals surface area contributed by atoms with E-state index in [4.69, 9.17) is 10.8 Å². The van der Waals surface area contributed by atoms with E-state index in [1.54, 1.807) is 0 Å². The molecule has 1 amide bonds. The van der Waals surface area contributed by atoms with Gasteiger partial charge in [-0.2, -0.15) is 5.10 Å². The van der Waals surface area contributed by atoms with Crippen LogP contribution in [0.4, 0.5) is 11.4 Å². The van der Waals surface area contributed by atoms with Crippen LogP contribution in [0.1, 0.15) is 10.4 Å². The van der Waals surface area contributed by atoms with E-state index in [-0.39, 0.29) is 5.91 Å². The summed E-state index contributed by atoms with van der Waals surface area (Å²) in [5.41, 5.74) is 10.9. The van der Waals surface area contributed by atoms with Crippen LogP contribution in [0.2, 0.25) is 0 Å². The number of nitrogens with one attached hydrogen (secondary N) is 2. The Morgan fingerprint density at radius 1 is 1.26 bits per heavy atom. The molecule has 0 fully saturated rings. The number of amides is 1. The zero-order valence-electron chi connectivity index (χ0n) is 15.6. The maximum Gasteiger partial charge on any atom is 0.253 e. The van der Waals surface area contributed by atoms with Crippen molar-refractivity contribution in [2.75, 3.05) is 39.0 Å². The van der Waals surface area contributed by atoms with Gasteiger partial charge in [-0.25, -0.2) is 0 Å². The summed E-state index contributed by atoms with van der Waals surface area (Å²) in [6, 6.07) is 11.9. The monoisotopic (exact) mass is 364 g/mol. The van der Waals surface area contributed by atoms with Crippen LogP contribution in [0.3, 0.4) is 0 Å². The van der Waals surface area contributed by atoms with E-state index in [0.29, 0.717) is 18.7 Å². The number of rotatable bonds is 6. The quantitative estimate of drug-likeness (QED) is 0.487. The fraction of sp³-hybridized carbons (Fsp3) is 0.300. The summed E-state index contributed by atoms with van der Waals surface area (Å²) in [5.74, 6) is -0.128. The fourth-order valence-corrected chi connectivity index (χ4v) is 3.46. The molecule has 4 N–H and O–H groups in total. The molecule has 7 heteroatoms. The third-order valence-corrected chi connectivity index (χ3v) is 4.79. The van der Waals surface area contributed by atoms with E-state index in [9.17, 15) is 4.79 Å². The van der Waals surface area contributed by atoms with Crippen LogP contribution < -0.4 is 16.4 Å². The molecule has 27 heavy (non-hydrogen) atoms. The van der Waals surface area contributed by atoms with Gasteiger partial charge in [-0.15, -0.1) is 0 Å². The average Bonchev–Trinajstić information content (AvgIpc) is 3.05. The summed E-state index contributed by atoms with van der Waals surface area (Å²) in [7, 11) is 4.10. The first-order chi connectivity index (χ1) is 13.1. The molecule has 0 atom stereocenters. The van der Waals surface area contributed by atoms with Crippen LogP contribution in [-0.4, -0.2) is 54.3 Å². The van der Waals surface area contributed by atoms with Crippen LogP contribution in [0, 0.1) is 0 Å². The lowest BCUT2D eigenvalue weighted by Gasteiger charge is -2.20.